The summed E-state index contributed by atoms with van der Waals surface area (Å²) < 4.78 is 5.33. The van der Waals surface area contributed by atoms with Crippen molar-refractivity contribution in [1.82, 2.24) is 5.43 Å². The standard InChI is InChI=1S/C25H29ClN4O2S/c1-5-22-23(28-29-25(31)33-22)17-8-10-20-16(13-17)7-6-12-30(20)24(27-15(2)3)18-9-11-21(32-4)19(26)14-18/h8-11,13-15,22H,5-7,12H2,1-4H3,(H,29,31)/b27-24-. The Morgan fingerprint density at radius 2 is 2.15 bits per heavy atom. The maximum absolute atomic E-state index is 11.8. The van der Waals surface area contributed by atoms with Gasteiger partial charge in [-0.3, -0.25) is 9.79 Å². The van der Waals surface area contributed by atoms with Crippen molar-refractivity contribution < 1.29 is 9.53 Å². The van der Waals surface area contributed by atoms with Crippen LogP contribution in [-0.4, -0.2) is 41.7 Å². The highest BCUT2D eigenvalue weighted by Gasteiger charge is 2.28. The molecule has 6 nitrogen and oxygen atoms in total. The van der Waals surface area contributed by atoms with Crippen LogP contribution >= 0.6 is 23.4 Å². The average Bonchev–Trinajstić information content (AvgIpc) is 2.81. The van der Waals surface area contributed by atoms with Crippen molar-refractivity contribution in [3.05, 3.63) is 58.1 Å². The number of fused-ring (bicyclic) bond motifs is 1. The normalized spacial score (nSPS) is 18.7. The molecular formula is C25H29ClN4O2S. The quantitative estimate of drug-likeness (QED) is 0.424. The molecule has 0 aromatic heterocycles. The van der Waals surface area contributed by atoms with E-state index in [0.717, 1.165) is 54.2 Å². The van der Waals surface area contributed by atoms with Gasteiger partial charge in [0.15, 0.2) is 0 Å². The number of hydrogen-bond acceptors (Lipinski definition) is 5. The molecular weight excluding hydrogens is 456 g/mol. The summed E-state index contributed by atoms with van der Waals surface area (Å²) >= 11 is 7.76. The number of aryl methyl sites for hydroxylation is 1. The van der Waals surface area contributed by atoms with Crippen molar-refractivity contribution in [2.45, 2.75) is 51.3 Å². The molecule has 1 N–H and O–H groups in total. The van der Waals surface area contributed by atoms with Crippen LogP contribution in [0.15, 0.2) is 46.5 Å². The van der Waals surface area contributed by atoms with E-state index in [2.05, 4.69) is 54.4 Å². The van der Waals surface area contributed by atoms with Crippen LogP contribution in [0.3, 0.4) is 0 Å². The van der Waals surface area contributed by atoms with Gasteiger partial charge < -0.3 is 9.64 Å². The largest absolute Gasteiger partial charge is 0.495 e. The van der Waals surface area contributed by atoms with Gasteiger partial charge in [-0.2, -0.15) is 5.10 Å². The zero-order valence-electron chi connectivity index (χ0n) is 19.4. The minimum absolute atomic E-state index is 0.0657. The number of aliphatic imine (C=N–C) groups is 1. The first-order valence-electron chi connectivity index (χ1n) is 11.3. The van der Waals surface area contributed by atoms with Crippen LogP contribution < -0.4 is 15.1 Å². The van der Waals surface area contributed by atoms with E-state index in [-0.39, 0.29) is 16.5 Å². The van der Waals surface area contributed by atoms with Crippen molar-refractivity contribution in [2.75, 3.05) is 18.6 Å². The lowest BCUT2D eigenvalue weighted by atomic mass is 9.95. The number of benzene rings is 2. The van der Waals surface area contributed by atoms with Crippen LogP contribution in [0.4, 0.5) is 10.5 Å². The van der Waals surface area contributed by atoms with Crippen molar-refractivity contribution in [3.63, 3.8) is 0 Å². The average molecular weight is 485 g/mol. The number of anilines is 1. The topological polar surface area (TPSA) is 66.3 Å². The number of amidine groups is 1. The van der Waals surface area contributed by atoms with Crippen molar-refractivity contribution in [1.29, 1.82) is 0 Å². The molecule has 4 rings (SSSR count). The number of nitrogens with one attached hydrogen (secondary N) is 1. The summed E-state index contributed by atoms with van der Waals surface area (Å²) in [4.78, 5) is 19.0. The molecule has 2 aliphatic heterocycles. The number of rotatable bonds is 5. The Morgan fingerprint density at radius 1 is 1.33 bits per heavy atom. The van der Waals surface area contributed by atoms with E-state index in [1.165, 1.54) is 17.3 Å². The molecule has 2 aromatic rings. The molecule has 0 aliphatic carbocycles. The van der Waals surface area contributed by atoms with Gasteiger partial charge in [0, 0.05) is 23.8 Å². The van der Waals surface area contributed by atoms with E-state index in [1.807, 2.05) is 18.2 Å². The molecule has 33 heavy (non-hydrogen) atoms. The number of hydrazone groups is 1. The van der Waals surface area contributed by atoms with E-state index >= 15 is 0 Å². The Morgan fingerprint density at radius 3 is 2.85 bits per heavy atom. The van der Waals surface area contributed by atoms with E-state index < -0.39 is 0 Å². The first-order valence-corrected chi connectivity index (χ1v) is 12.5. The molecule has 1 amide bonds. The fourth-order valence-corrected chi connectivity index (χ4v) is 5.32. The summed E-state index contributed by atoms with van der Waals surface area (Å²) in [6.45, 7) is 7.13. The molecule has 2 aromatic carbocycles. The monoisotopic (exact) mass is 484 g/mol. The fourth-order valence-electron chi connectivity index (χ4n) is 4.24. The van der Waals surface area contributed by atoms with Crippen LogP contribution in [0.5, 0.6) is 5.75 Å². The SMILES string of the molecule is CCC1SC(=O)NN=C1c1ccc2c(c1)CCCN2/C(=N\C(C)C)c1ccc(OC)c(Cl)c1. The number of ether oxygens (including phenoxy) is 1. The number of amides is 1. The molecule has 0 saturated heterocycles. The van der Waals surface area contributed by atoms with Crippen LogP contribution in [0.1, 0.15) is 50.3 Å². The highest BCUT2D eigenvalue weighted by Crippen LogP contribution is 2.33. The van der Waals surface area contributed by atoms with Gasteiger partial charge >= 0.3 is 0 Å². The van der Waals surface area contributed by atoms with Crippen molar-refractivity contribution in [2.24, 2.45) is 10.1 Å². The molecule has 0 radical (unpaired) electrons. The third kappa shape index (κ3) is 5.04. The highest BCUT2D eigenvalue weighted by atomic mass is 35.5. The Bertz CT molecular complexity index is 1120. The summed E-state index contributed by atoms with van der Waals surface area (Å²) in [7, 11) is 1.62. The molecule has 2 aliphatic rings. The molecule has 0 fully saturated rings. The Kier molecular flexibility index (Phi) is 7.29. The Hall–Kier alpha value is -2.51. The van der Waals surface area contributed by atoms with Crippen molar-refractivity contribution >= 4 is 45.8 Å². The molecule has 174 valence electrons. The summed E-state index contributed by atoms with van der Waals surface area (Å²) in [6, 6.07) is 12.4. The number of thioether (sulfide) groups is 1. The van der Waals surface area contributed by atoms with Gasteiger partial charge in [-0.05, 0) is 74.6 Å². The first-order chi connectivity index (χ1) is 15.9. The fraction of sp³-hybridized carbons (Fsp3) is 0.400. The Labute approximate surface area is 204 Å². The third-order valence-corrected chi connectivity index (χ3v) is 7.17. The lowest BCUT2D eigenvalue weighted by Crippen LogP contribution is -2.37. The zero-order valence-corrected chi connectivity index (χ0v) is 21.0. The lowest BCUT2D eigenvalue weighted by Gasteiger charge is -2.33. The summed E-state index contributed by atoms with van der Waals surface area (Å²) in [5.41, 5.74) is 7.98. The number of methoxy groups -OCH3 is 1. The molecule has 1 unspecified atom stereocenters. The minimum Gasteiger partial charge on any atom is -0.495 e. The smallest absolute Gasteiger partial charge is 0.299 e. The molecule has 0 saturated carbocycles. The van der Waals surface area contributed by atoms with Gasteiger partial charge in [0.05, 0.1) is 23.1 Å². The van der Waals surface area contributed by atoms with Gasteiger partial charge in [0.25, 0.3) is 5.24 Å². The van der Waals surface area contributed by atoms with Crippen LogP contribution in [0.25, 0.3) is 0 Å². The molecule has 1 atom stereocenters. The number of nitrogens with zero attached hydrogens (tertiary/aromatic N) is 3. The number of halogens is 1. The first kappa shape index (κ1) is 23.6. The lowest BCUT2D eigenvalue weighted by molar-refractivity contribution is 0.260. The van der Waals surface area contributed by atoms with Crippen molar-refractivity contribution in [3.8, 4) is 5.75 Å². The number of carbonyl (C=O) groups is 1. The van der Waals surface area contributed by atoms with Crippen LogP contribution in [0, 0.1) is 0 Å². The maximum atomic E-state index is 11.8. The van der Waals surface area contributed by atoms with Crippen LogP contribution in [-0.2, 0) is 6.42 Å². The molecule has 0 bridgehead atoms. The second-order valence-electron chi connectivity index (χ2n) is 8.41. The number of carbonyl (C=O) groups excluding carboxylic acids is 1. The summed E-state index contributed by atoms with van der Waals surface area (Å²) in [5, 5.41) is 4.92. The van der Waals surface area contributed by atoms with Gasteiger partial charge in [0.2, 0.25) is 0 Å². The van der Waals surface area contributed by atoms with E-state index in [1.54, 1.807) is 7.11 Å². The predicted molar refractivity (Wildman–Crippen MR) is 139 cm³/mol. The third-order valence-electron chi connectivity index (χ3n) is 5.73. The summed E-state index contributed by atoms with van der Waals surface area (Å²) in [6.07, 6.45) is 2.86. The minimum atomic E-state index is -0.0950. The van der Waals surface area contributed by atoms with Gasteiger partial charge in [-0.15, -0.1) is 0 Å². The van der Waals surface area contributed by atoms with E-state index in [9.17, 15) is 4.79 Å². The summed E-state index contributed by atoms with van der Waals surface area (Å²) in [5.74, 6) is 1.56. The molecule has 2 heterocycles. The zero-order chi connectivity index (χ0) is 23.5. The second kappa shape index (κ2) is 10.2. The van der Waals surface area contributed by atoms with Gasteiger partial charge in [-0.1, -0.05) is 36.4 Å². The number of hydrogen-bond donors (Lipinski definition) is 1. The van der Waals surface area contributed by atoms with E-state index in [0.29, 0.717) is 10.8 Å². The maximum Gasteiger partial charge on any atom is 0.299 e. The predicted octanol–water partition coefficient (Wildman–Crippen LogP) is 5.90. The second-order valence-corrected chi connectivity index (χ2v) is 9.99. The van der Waals surface area contributed by atoms with Gasteiger partial charge in [-0.25, -0.2) is 5.43 Å². The highest BCUT2D eigenvalue weighted by molar-refractivity contribution is 8.14. The van der Waals surface area contributed by atoms with Gasteiger partial charge in [0.1, 0.15) is 11.6 Å². The van der Waals surface area contributed by atoms with Crippen LogP contribution in [0.2, 0.25) is 5.02 Å². The van der Waals surface area contributed by atoms with E-state index in [4.69, 9.17) is 21.3 Å². The Balaban J connectivity index is 1.73. The molecule has 8 heteroatoms. The molecule has 0 spiro atoms.